The number of carbonyl (C=O) groups is 1. The second-order valence-electron chi connectivity index (χ2n) is 5.97. The SMILES string of the molecule is CCN(CC(=O)Nc1ccccc1F)S(=O)(=O)c1ccc2ccccc2c1. The van der Waals surface area contributed by atoms with Gasteiger partial charge in [0.05, 0.1) is 17.1 Å². The lowest BCUT2D eigenvalue weighted by atomic mass is 10.1. The molecule has 140 valence electrons. The largest absolute Gasteiger partial charge is 0.322 e. The van der Waals surface area contributed by atoms with Crippen molar-refractivity contribution in [2.75, 3.05) is 18.4 Å². The molecule has 0 spiro atoms. The zero-order chi connectivity index (χ0) is 19.4. The Labute approximate surface area is 157 Å². The van der Waals surface area contributed by atoms with Crippen molar-refractivity contribution in [2.45, 2.75) is 11.8 Å². The van der Waals surface area contributed by atoms with E-state index in [2.05, 4.69) is 5.32 Å². The van der Waals surface area contributed by atoms with E-state index >= 15 is 0 Å². The van der Waals surface area contributed by atoms with Crippen LogP contribution in [0.1, 0.15) is 6.92 Å². The smallest absolute Gasteiger partial charge is 0.243 e. The molecular formula is C20H19FN2O3S. The zero-order valence-corrected chi connectivity index (χ0v) is 15.5. The first-order valence-corrected chi connectivity index (χ1v) is 9.89. The molecule has 0 saturated heterocycles. The van der Waals surface area contributed by atoms with Crippen LogP contribution < -0.4 is 5.32 Å². The van der Waals surface area contributed by atoms with Crippen molar-refractivity contribution in [1.29, 1.82) is 0 Å². The summed E-state index contributed by atoms with van der Waals surface area (Å²) >= 11 is 0. The van der Waals surface area contributed by atoms with Gasteiger partial charge in [-0.15, -0.1) is 0 Å². The Morgan fingerprint density at radius 3 is 2.37 bits per heavy atom. The molecule has 0 radical (unpaired) electrons. The molecule has 7 heteroatoms. The van der Waals surface area contributed by atoms with Crippen molar-refractivity contribution in [3.8, 4) is 0 Å². The number of amides is 1. The Morgan fingerprint density at radius 2 is 1.67 bits per heavy atom. The minimum absolute atomic E-state index is 0.0154. The van der Waals surface area contributed by atoms with E-state index < -0.39 is 28.3 Å². The fraction of sp³-hybridized carbons (Fsp3) is 0.150. The molecule has 1 N–H and O–H groups in total. The van der Waals surface area contributed by atoms with Gasteiger partial charge in [0.25, 0.3) is 0 Å². The van der Waals surface area contributed by atoms with Crippen LogP contribution in [0.3, 0.4) is 0 Å². The van der Waals surface area contributed by atoms with Crippen LogP contribution in [0.5, 0.6) is 0 Å². The predicted molar refractivity (Wildman–Crippen MR) is 103 cm³/mol. The maximum absolute atomic E-state index is 13.7. The van der Waals surface area contributed by atoms with Crippen molar-refractivity contribution in [3.05, 3.63) is 72.5 Å². The van der Waals surface area contributed by atoms with Crippen LogP contribution in [0.15, 0.2) is 71.6 Å². The number of fused-ring (bicyclic) bond motifs is 1. The van der Waals surface area contributed by atoms with E-state index in [9.17, 15) is 17.6 Å². The van der Waals surface area contributed by atoms with Crippen LogP contribution in [0.25, 0.3) is 10.8 Å². The van der Waals surface area contributed by atoms with Gasteiger partial charge in [0, 0.05) is 6.54 Å². The lowest BCUT2D eigenvalue weighted by Gasteiger charge is -2.20. The molecule has 3 aromatic rings. The van der Waals surface area contributed by atoms with Gasteiger partial charge in [0.1, 0.15) is 5.82 Å². The molecule has 0 fully saturated rings. The number of hydrogen-bond donors (Lipinski definition) is 1. The summed E-state index contributed by atoms with van der Waals surface area (Å²) < 4.78 is 40.6. The molecule has 3 aromatic carbocycles. The van der Waals surface area contributed by atoms with Gasteiger partial charge in [-0.05, 0) is 35.0 Å². The van der Waals surface area contributed by atoms with Crippen LogP contribution in [0.4, 0.5) is 10.1 Å². The Kier molecular flexibility index (Phi) is 5.53. The number of benzene rings is 3. The molecule has 0 atom stereocenters. The first-order valence-electron chi connectivity index (χ1n) is 8.45. The highest BCUT2D eigenvalue weighted by Gasteiger charge is 2.25. The Hall–Kier alpha value is -2.77. The lowest BCUT2D eigenvalue weighted by molar-refractivity contribution is -0.116. The molecule has 0 aromatic heterocycles. The molecule has 0 heterocycles. The molecule has 5 nitrogen and oxygen atoms in total. The van der Waals surface area contributed by atoms with Gasteiger partial charge in [0.15, 0.2) is 0 Å². The van der Waals surface area contributed by atoms with Crippen molar-refractivity contribution in [1.82, 2.24) is 4.31 Å². The maximum atomic E-state index is 13.7. The molecule has 3 rings (SSSR count). The Balaban J connectivity index is 1.82. The number of nitrogens with one attached hydrogen (secondary N) is 1. The summed E-state index contributed by atoms with van der Waals surface area (Å²) in [6.07, 6.45) is 0. The van der Waals surface area contributed by atoms with Crippen LogP contribution in [-0.2, 0) is 14.8 Å². The molecule has 0 aliphatic heterocycles. The molecule has 0 aliphatic rings. The molecule has 0 aliphatic carbocycles. The number of anilines is 1. The second kappa shape index (κ2) is 7.85. The van der Waals surface area contributed by atoms with E-state index in [1.54, 1.807) is 25.1 Å². The first kappa shape index (κ1) is 19.0. The summed E-state index contributed by atoms with van der Waals surface area (Å²) in [4.78, 5) is 12.4. The van der Waals surface area contributed by atoms with Gasteiger partial charge in [-0.25, -0.2) is 12.8 Å². The number of nitrogens with zero attached hydrogens (tertiary/aromatic N) is 1. The monoisotopic (exact) mass is 386 g/mol. The molecular weight excluding hydrogens is 367 g/mol. The molecule has 0 bridgehead atoms. The van der Waals surface area contributed by atoms with Crippen molar-refractivity contribution >= 4 is 32.4 Å². The first-order chi connectivity index (χ1) is 12.9. The van der Waals surface area contributed by atoms with Crippen molar-refractivity contribution in [3.63, 3.8) is 0 Å². The van der Waals surface area contributed by atoms with E-state index in [4.69, 9.17) is 0 Å². The standard InChI is InChI=1S/C20H19FN2O3S/c1-2-23(14-20(24)22-19-10-6-5-9-18(19)21)27(25,26)17-12-11-15-7-3-4-8-16(15)13-17/h3-13H,2,14H2,1H3,(H,22,24). The maximum Gasteiger partial charge on any atom is 0.243 e. The van der Waals surface area contributed by atoms with E-state index in [1.807, 2.05) is 24.3 Å². The summed E-state index contributed by atoms with van der Waals surface area (Å²) in [5.41, 5.74) is 0.0154. The highest BCUT2D eigenvalue weighted by Crippen LogP contribution is 2.22. The third-order valence-electron chi connectivity index (χ3n) is 4.18. The average molecular weight is 386 g/mol. The van der Waals surface area contributed by atoms with Crippen molar-refractivity contribution in [2.24, 2.45) is 0 Å². The normalized spacial score (nSPS) is 11.7. The van der Waals surface area contributed by atoms with Crippen molar-refractivity contribution < 1.29 is 17.6 Å². The van der Waals surface area contributed by atoms with Gasteiger partial charge in [0.2, 0.25) is 15.9 Å². The number of rotatable bonds is 6. The molecule has 0 saturated carbocycles. The topological polar surface area (TPSA) is 66.5 Å². The minimum atomic E-state index is -3.86. The molecule has 27 heavy (non-hydrogen) atoms. The van der Waals surface area contributed by atoms with E-state index in [-0.39, 0.29) is 17.1 Å². The van der Waals surface area contributed by atoms with Gasteiger partial charge in [-0.3, -0.25) is 4.79 Å². The third kappa shape index (κ3) is 4.15. The van der Waals surface area contributed by atoms with Crippen LogP contribution in [0, 0.1) is 5.82 Å². The highest BCUT2D eigenvalue weighted by atomic mass is 32.2. The van der Waals surface area contributed by atoms with Gasteiger partial charge >= 0.3 is 0 Å². The van der Waals surface area contributed by atoms with Gasteiger partial charge in [-0.1, -0.05) is 49.4 Å². The lowest BCUT2D eigenvalue weighted by Crippen LogP contribution is -2.37. The summed E-state index contributed by atoms with van der Waals surface area (Å²) in [6, 6.07) is 18.0. The van der Waals surface area contributed by atoms with Gasteiger partial charge in [-0.2, -0.15) is 4.31 Å². The number of likely N-dealkylation sites (N-methyl/N-ethyl adjacent to an activating group) is 1. The fourth-order valence-electron chi connectivity index (χ4n) is 2.76. The second-order valence-corrected chi connectivity index (χ2v) is 7.91. The summed E-state index contributed by atoms with van der Waals surface area (Å²) in [5.74, 6) is -1.18. The van der Waals surface area contributed by atoms with Crippen LogP contribution in [-0.4, -0.2) is 31.7 Å². The summed E-state index contributed by atoms with van der Waals surface area (Å²) in [7, 11) is -3.86. The predicted octanol–water partition coefficient (Wildman–Crippen LogP) is 3.63. The summed E-state index contributed by atoms with van der Waals surface area (Å²) in [5, 5.41) is 4.13. The molecule has 0 unspecified atom stereocenters. The highest BCUT2D eigenvalue weighted by molar-refractivity contribution is 7.89. The van der Waals surface area contributed by atoms with E-state index in [0.29, 0.717) is 0 Å². The number of carbonyl (C=O) groups excluding carboxylic acids is 1. The molecule has 1 amide bonds. The van der Waals surface area contributed by atoms with Crippen LogP contribution in [0.2, 0.25) is 0 Å². The number of para-hydroxylation sites is 1. The van der Waals surface area contributed by atoms with Crippen LogP contribution >= 0.6 is 0 Å². The zero-order valence-electron chi connectivity index (χ0n) is 14.7. The Morgan fingerprint density at radius 1 is 1.00 bits per heavy atom. The number of hydrogen-bond acceptors (Lipinski definition) is 3. The third-order valence-corrected chi connectivity index (χ3v) is 6.10. The van der Waals surface area contributed by atoms with E-state index in [1.165, 1.54) is 24.3 Å². The van der Waals surface area contributed by atoms with Gasteiger partial charge < -0.3 is 5.32 Å². The fourth-order valence-corrected chi connectivity index (χ4v) is 4.20. The summed E-state index contributed by atoms with van der Waals surface area (Å²) in [6.45, 7) is 1.36. The average Bonchev–Trinajstić information content (AvgIpc) is 2.67. The Bertz CT molecular complexity index is 1080. The minimum Gasteiger partial charge on any atom is -0.322 e. The quantitative estimate of drug-likeness (QED) is 0.704. The number of halogens is 1. The van der Waals surface area contributed by atoms with E-state index in [0.717, 1.165) is 15.1 Å². The number of sulfonamides is 1.